The van der Waals surface area contributed by atoms with Crippen LogP contribution in [0.5, 0.6) is 11.5 Å². The lowest BCUT2D eigenvalue weighted by Gasteiger charge is -2.03. The van der Waals surface area contributed by atoms with Crippen LogP contribution in [0.25, 0.3) is 0 Å². The van der Waals surface area contributed by atoms with Crippen LogP contribution in [-0.4, -0.2) is 32.6 Å². The molecule has 132 valence electrons. The fourth-order valence-corrected chi connectivity index (χ4v) is 1.89. The molecule has 0 unspecified atom stereocenters. The van der Waals surface area contributed by atoms with E-state index < -0.39 is 0 Å². The van der Waals surface area contributed by atoms with Crippen LogP contribution < -0.4 is 20.6 Å². The van der Waals surface area contributed by atoms with E-state index in [4.69, 9.17) is 15.2 Å². The molecule has 0 saturated carbocycles. The predicted octanol–water partition coefficient (Wildman–Crippen LogP) is 2.40. The van der Waals surface area contributed by atoms with Gasteiger partial charge < -0.3 is 15.2 Å². The number of nitrogens with zero attached hydrogens (tertiary/aromatic N) is 3. The van der Waals surface area contributed by atoms with Crippen molar-refractivity contribution in [1.82, 2.24) is 5.43 Å². The van der Waals surface area contributed by atoms with Gasteiger partial charge in [-0.25, -0.2) is 5.43 Å². The third-order valence-corrected chi connectivity index (χ3v) is 3.02. The van der Waals surface area contributed by atoms with Crippen LogP contribution in [0, 0.1) is 0 Å². The number of ether oxygens (including phenoxy) is 2. The SMILES string of the molecule is COc1ccccc1/C=N/N=C(\N)N/N=C/c1ccccc1OC.Cl. The van der Waals surface area contributed by atoms with E-state index in [1.54, 1.807) is 26.6 Å². The summed E-state index contributed by atoms with van der Waals surface area (Å²) in [4.78, 5) is 0. The summed E-state index contributed by atoms with van der Waals surface area (Å²) in [6.45, 7) is 0. The average molecular weight is 362 g/mol. The Morgan fingerprint density at radius 1 is 0.920 bits per heavy atom. The van der Waals surface area contributed by atoms with E-state index in [9.17, 15) is 0 Å². The molecular formula is C17H20ClN5O2. The normalized spacial score (nSPS) is 11.4. The molecule has 2 aromatic rings. The van der Waals surface area contributed by atoms with Crippen LogP contribution in [0.2, 0.25) is 0 Å². The molecule has 0 atom stereocenters. The average Bonchev–Trinajstić information content (AvgIpc) is 2.62. The van der Waals surface area contributed by atoms with Gasteiger partial charge in [-0.15, -0.1) is 17.5 Å². The molecule has 0 heterocycles. The van der Waals surface area contributed by atoms with Gasteiger partial charge in [-0.3, -0.25) is 0 Å². The van der Waals surface area contributed by atoms with Gasteiger partial charge in [0.25, 0.3) is 0 Å². The molecule has 3 N–H and O–H groups in total. The summed E-state index contributed by atoms with van der Waals surface area (Å²) in [6, 6.07) is 14.9. The van der Waals surface area contributed by atoms with Crippen LogP contribution in [0.4, 0.5) is 0 Å². The highest BCUT2D eigenvalue weighted by molar-refractivity contribution is 5.87. The number of rotatable bonds is 6. The number of nitrogens with two attached hydrogens (primary N) is 1. The number of nitrogens with one attached hydrogen (secondary N) is 1. The summed E-state index contributed by atoms with van der Waals surface area (Å²) in [7, 11) is 3.20. The molecule has 0 radical (unpaired) electrons. The van der Waals surface area contributed by atoms with E-state index in [2.05, 4.69) is 20.7 Å². The number of hydrazone groups is 1. The molecule has 0 aliphatic carbocycles. The highest BCUT2D eigenvalue weighted by Crippen LogP contribution is 2.15. The molecule has 2 rings (SSSR count). The largest absolute Gasteiger partial charge is 0.496 e. The molecule has 0 aromatic heterocycles. The molecule has 0 aliphatic heterocycles. The van der Waals surface area contributed by atoms with E-state index in [0.717, 1.165) is 11.1 Å². The molecule has 25 heavy (non-hydrogen) atoms. The van der Waals surface area contributed by atoms with Gasteiger partial charge in [0.1, 0.15) is 11.5 Å². The first-order chi connectivity index (χ1) is 11.7. The highest BCUT2D eigenvalue weighted by Gasteiger charge is 1.98. The van der Waals surface area contributed by atoms with Crippen molar-refractivity contribution in [2.24, 2.45) is 21.0 Å². The number of hydrogen-bond donors (Lipinski definition) is 2. The number of methoxy groups -OCH3 is 2. The number of guanidine groups is 1. The molecule has 0 bridgehead atoms. The van der Waals surface area contributed by atoms with Crippen LogP contribution in [0.1, 0.15) is 11.1 Å². The standard InChI is InChI=1S/C17H19N5O2.ClH/c1-23-15-9-5-3-7-13(15)11-19-21-17(18)22-20-12-14-8-4-6-10-16(14)24-2;/h3-12H,1-2H3,(H3,18,21,22);1H/b19-11+,20-12+;. The molecule has 0 fully saturated rings. The zero-order valence-electron chi connectivity index (χ0n) is 13.9. The van der Waals surface area contributed by atoms with Crippen molar-refractivity contribution in [3.63, 3.8) is 0 Å². The Morgan fingerprint density at radius 3 is 2.00 bits per heavy atom. The Hall–Kier alpha value is -3.06. The Bertz CT molecular complexity index is 762. The minimum Gasteiger partial charge on any atom is -0.496 e. The van der Waals surface area contributed by atoms with E-state index >= 15 is 0 Å². The molecule has 0 spiro atoms. The van der Waals surface area contributed by atoms with Crippen LogP contribution in [-0.2, 0) is 0 Å². The maximum absolute atomic E-state index is 5.69. The lowest BCUT2D eigenvalue weighted by molar-refractivity contribution is 0.414. The number of benzene rings is 2. The summed E-state index contributed by atoms with van der Waals surface area (Å²) >= 11 is 0. The summed E-state index contributed by atoms with van der Waals surface area (Å²) in [5.74, 6) is 1.48. The van der Waals surface area contributed by atoms with Crippen molar-refractivity contribution < 1.29 is 9.47 Å². The molecule has 0 saturated heterocycles. The summed E-state index contributed by atoms with van der Waals surface area (Å²) in [5, 5.41) is 11.7. The summed E-state index contributed by atoms with van der Waals surface area (Å²) < 4.78 is 10.4. The minimum atomic E-state index is 0. The van der Waals surface area contributed by atoms with Gasteiger partial charge in [-0.05, 0) is 24.3 Å². The van der Waals surface area contributed by atoms with E-state index in [1.165, 1.54) is 0 Å². The van der Waals surface area contributed by atoms with Crippen LogP contribution in [0.15, 0.2) is 63.8 Å². The van der Waals surface area contributed by atoms with Gasteiger partial charge in [0.2, 0.25) is 5.96 Å². The second-order valence-corrected chi connectivity index (χ2v) is 4.58. The zero-order valence-corrected chi connectivity index (χ0v) is 14.7. The molecule has 2 aromatic carbocycles. The second-order valence-electron chi connectivity index (χ2n) is 4.58. The number of halogens is 1. The molecule has 0 amide bonds. The first-order valence-electron chi connectivity index (χ1n) is 7.16. The van der Waals surface area contributed by atoms with Crippen molar-refractivity contribution in [2.75, 3.05) is 14.2 Å². The van der Waals surface area contributed by atoms with Crippen molar-refractivity contribution >= 4 is 30.8 Å². The van der Waals surface area contributed by atoms with Crippen LogP contribution >= 0.6 is 12.4 Å². The van der Waals surface area contributed by atoms with Crippen molar-refractivity contribution in [3.05, 3.63) is 59.7 Å². The van der Waals surface area contributed by atoms with Crippen molar-refractivity contribution in [1.29, 1.82) is 0 Å². The maximum atomic E-state index is 5.69. The fourth-order valence-electron chi connectivity index (χ4n) is 1.89. The minimum absolute atomic E-state index is 0. The van der Waals surface area contributed by atoms with Crippen molar-refractivity contribution in [2.45, 2.75) is 0 Å². The number of hydrogen-bond acceptors (Lipinski definition) is 5. The van der Waals surface area contributed by atoms with E-state index in [-0.39, 0.29) is 18.4 Å². The Morgan fingerprint density at radius 2 is 1.44 bits per heavy atom. The summed E-state index contributed by atoms with van der Waals surface area (Å²) in [5.41, 5.74) is 9.90. The fraction of sp³-hybridized carbons (Fsp3) is 0.118. The lowest BCUT2D eigenvalue weighted by atomic mass is 10.2. The molecule has 7 nitrogen and oxygen atoms in total. The third-order valence-electron chi connectivity index (χ3n) is 3.02. The Labute approximate surface area is 152 Å². The van der Waals surface area contributed by atoms with Gasteiger partial charge >= 0.3 is 0 Å². The Kier molecular flexibility index (Phi) is 8.53. The predicted molar refractivity (Wildman–Crippen MR) is 103 cm³/mol. The quantitative estimate of drug-likeness (QED) is 0.469. The first kappa shape index (κ1) is 20.0. The number of para-hydroxylation sites is 2. The van der Waals surface area contributed by atoms with E-state index in [0.29, 0.717) is 11.5 Å². The smallest absolute Gasteiger partial charge is 0.234 e. The van der Waals surface area contributed by atoms with Crippen molar-refractivity contribution in [3.8, 4) is 11.5 Å². The monoisotopic (exact) mass is 361 g/mol. The first-order valence-corrected chi connectivity index (χ1v) is 7.16. The lowest BCUT2D eigenvalue weighted by Crippen LogP contribution is -2.26. The topological polar surface area (TPSA) is 93.6 Å². The zero-order chi connectivity index (χ0) is 17.2. The van der Waals surface area contributed by atoms with Gasteiger partial charge in [0.15, 0.2) is 0 Å². The highest BCUT2D eigenvalue weighted by atomic mass is 35.5. The molecular weight excluding hydrogens is 342 g/mol. The molecule has 0 aliphatic rings. The molecule has 8 heteroatoms. The van der Waals surface area contributed by atoms with Crippen LogP contribution in [0.3, 0.4) is 0 Å². The van der Waals surface area contributed by atoms with Gasteiger partial charge in [-0.1, -0.05) is 24.3 Å². The Balaban J connectivity index is 0.00000312. The second kappa shape index (κ2) is 10.7. The summed E-state index contributed by atoms with van der Waals surface area (Å²) in [6.07, 6.45) is 3.14. The van der Waals surface area contributed by atoms with Gasteiger partial charge in [0.05, 0.1) is 26.6 Å². The van der Waals surface area contributed by atoms with Gasteiger partial charge in [-0.2, -0.15) is 10.2 Å². The maximum Gasteiger partial charge on any atom is 0.234 e. The third kappa shape index (κ3) is 6.15. The van der Waals surface area contributed by atoms with Gasteiger partial charge in [0, 0.05) is 11.1 Å². The van der Waals surface area contributed by atoms with E-state index in [1.807, 2.05) is 48.5 Å².